The summed E-state index contributed by atoms with van der Waals surface area (Å²) in [7, 11) is 0. The van der Waals surface area contributed by atoms with Crippen LogP contribution in [0.1, 0.15) is 13.3 Å². The Morgan fingerprint density at radius 1 is 1.05 bits per heavy atom. The summed E-state index contributed by atoms with van der Waals surface area (Å²) in [6.45, 7) is 2.69. The third-order valence-electron chi connectivity index (χ3n) is 3.02. The highest BCUT2D eigenvalue weighted by atomic mass is 16.5. The molecule has 3 heteroatoms. The molecule has 0 radical (unpaired) electrons. The molecule has 2 aromatic carbocycles. The van der Waals surface area contributed by atoms with E-state index >= 15 is 0 Å². The Morgan fingerprint density at radius 2 is 1.84 bits per heavy atom. The van der Waals surface area contributed by atoms with Crippen LogP contribution in [0.2, 0.25) is 0 Å². The van der Waals surface area contributed by atoms with Crippen LogP contribution in [-0.2, 0) is 0 Å². The molecule has 0 bridgehead atoms. The van der Waals surface area contributed by atoms with E-state index in [0.29, 0.717) is 34.3 Å². The van der Waals surface area contributed by atoms with Crippen molar-refractivity contribution in [1.29, 1.82) is 0 Å². The van der Waals surface area contributed by atoms with Crippen molar-refractivity contribution in [1.82, 2.24) is 0 Å². The van der Waals surface area contributed by atoms with Crippen LogP contribution < -0.4 is 10.2 Å². The maximum atomic E-state index is 12.4. The second-order valence-electron chi connectivity index (χ2n) is 4.43. The van der Waals surface area contributed by atoms with Gasteiger partial charge in [0.1, 0.15) is 16.9 Å². The second-order valence-corrected chi connectivity index (χ2v) is 4.43. The fraction of sp³-hybridized carbons (Fsp3) is 0.188. The molecule has 0 aliphatic heterocycles. The molecule has 0 unspecified atom stereocenters. The van der Waals surface area contributed by atoms with Crippen LogP contribution in [0.5, 0.6) is 5.75 Å². The lowest BCUT2D eigenvalue weighted by molar-refractivity contribution is 0.318. The standard InChI is InChI=1S/C16H14O3/c1-2-9-18-11-7-8-15-13(10-11)16(17)12-5-3-4-6-14(12)19-15/h3-8,10H,2,9H2,1H3. The van der Waals surface area contributed by atoms with E-state index in [4.69, 9.17) is 9.15 Å². The topological polar surface area (TPSA) is 39.4 Å². The van der Waals surface area contributed by atoms with Crippen molar-refractivity contribution in [2.45, 2.75) is 13.3 Å². The fourth-order valence-corrected chi connectivity index (χ4v) is 2.09. The fourth-order valence-electron chi connectivity index (χ4n) is 2.09. The lowest BCUT2D eigenvalue weighted by Crippen LogP contribution is -2.03. The molecule has 0 aliphatic carbocycles. The van der Waals surface area contributed by atoms with Crippen LogP contribution in [-0.4, -0.2) is 6.61 Å². The van der Waals surface area contributed by atoms with Gasteiger partial charge in [-0.05, 0) is 36.8 Å². The van der Waals surface area contributed by atoms with Crippen LogP contribution in [0.4, 0.5) is 0 Å². The Labute approximate surface area is 110 Å². The monoisotopic (exact) mass is 254 g/mol. The predicted octanol–water partition coefficient (Wildman–Crippen LogP) is 3.74. The van der Waals surface area contributed by atoms with Gasteiger partial charge in [-0.3, -0.25) is 4.79 Å². The van der Waals surface area contributed by atoms with Gasteiger partial charge in [-0.1, -0.05) is 19.1 Å². The maximum Gasteiger partial charge on any atom is 0.200 e. The van der Waals surface area contributed by atoms with E-state index in [2.05, 4.69) is 0 Å². The molecule has 0 spiro atoms. The highest BCUT2D eigenvalue weighted by molar-refractivity contribution is 5.90. The van der Waals surface area contributed by atoms with Crippen LogP contribution >= 0.6 is 0 Å². The molecule has 1 aromatic heterocycles. The largest absolute Gasteiger partial charge is 0.494 e. The Balaban J connectivity index is 2.24. The first-order valence-corrected chi connectivity index (χ1v) is 6.38. The Bertz CT molecular complexity index is 787. The average molecular weight is 254 g/mol. The minimum absolute atomic E-state index is 0.0150. The van der Waals surface area contributed by atoms with Gasteiger partial charge in [0, 0.05) is 0 Å². The van der Waals surface area contributed by atoms with E-state index in [9.17, 15) is 4.79 Å². The molecule has 0 N–H and O–H groups in total. The summed E-state index contributed by atoms with van der Waals surface area (Å²) in [5.74, 6) is 0.705. The van der Waals surface area contributed by atoms with E-state index < -0.39 is 0 Å². The van der Waals surface area contributed by atoms with E-state index in [0.717, 1.165) is 6.42 Å². The van der Waals surface area contributed by atoms with Crippen LogP contribution in [0, 0.1) is 0 Å². The van der Waals surface area contributed by atoms with Crippen molar-refractivity contribution in [2.75, 3.05) is 6.61 Å². The van der Waals surface area contributed by atoms with Gasteiger partial charge in [0.15, 0.2) is 0 Å². The van der Waals surface area contributed by atoms with Gasteiger partial charge in [0.05, 0.1) is 17.4 Å². The van der Waals surface area contributed by atoms with Gasteiger partial charge in [-0.2, -0.15) is 0 Å². The normalized spacial score (nSPS) is 11.0. The van der Waals surface area contributed by atoms with Crippen LogP contribution in [0.25, 0.3) is 21.9 Å². The van der Waals surface area contributed by atoms with Crippen molar-refractivity contribution in [3.05, 3.63) is 52.7 Å². The van der Waals surface area contributed by atoms with Gasteiger partial charge >= 0.3 is 0 Å². The minimum atomic E-state index is -0.0150. The highest BCUT2D eigenvalue weighted by Crippen LogP contribution is 2.22. The molecule has 0 aliphatic rings. The number of hydrogen-bond acceptors (Lipinski definition) is 3. The Kier molecular flexibility index (Phi) is 2.95. The molecule has 3 rings (SSSR count). The molecule has 3 aromatic rings. The van der Waals surface area contributed by atoms with Crippen LogP contribution in [0.15, 0.2) is 51.7 Å². The first-order chi connectivity index (χ1) is 9.29. The molecule has 19 heavy (non-hydrogen) atoms. The van der Waals surface area contributed by atoms with Gasteiger partial charge in [-0.25, -0.2) is 0 Å². The Hall–Kier alpha value is -2.29. The average Bonchev–Trinajstić information content (AvgIpc) is 2.46. The Morgan fingerprint density at radius 3 is 2.68 bits per heavy atom. The maximum absolute atomic E-state index is 12.4. The zero-order valence-electron chi connectivity index (χ0n) is 10.7. The summed E-state index contributed by atoms with van der Waals surface area (Å²) in [5.41, 5.74) is 1.19. The molecule has 0 atom stereocenters. The quantitative estimate of drug-likeness (QED) is 0.668. The van der Waals surface area contributed by atoms with Gasteiger partial charge in [0.25, 0.3) is 0 Å². The number of rotatable bonds is 3. The molecular weight excluding hydrogens is 240 g/mol. The van der Waals surface area contributed by atoms with Crippen molar-refractivity contribution in [2.24, 2.45) is 0 Å². The number of benzene rings is 2. The summed E-state index contributed by atoms with van der Waals surface area (Å²) in [6.07, 6.45) is 0.935. The van der Waals surface area contributed by atoms with Crippen LogP contribution in [0.3, 0.4) is 0 Å². The zero-order chi connectivity index (χ0) is 13.2. The smallest absolute Gasteiger partial charge is 0.200 e. The summed E-state index contributed by atoms with van der Waals surface area (Å²) < 4.78 is 11.3. The minimum Gasteiger partial charge on any atom is -0.494 e. The van der Waals surface area contributed by atoms with Crippen molar-refractivity contribution < 1.29 is 9.15 Å². The number of para-hydroxylation sites is 1. The zero-order valence-corrected chi connectivity index (χ0v) is 10.7. The molecular formula is C16H14O3. The predicted molar refractivity (Wildman–Crippen MR) is 75.8 cm³/mol. The first-order valence-electron chi connectivity index (χ1n) is 6.38. The van der Waals surface area contributed by atoms with Gasteiger partial charge in [0.2, 0.25) is 5.43 Å². The number of ether oxygens (including phenoxy) is 1. The first kappa shape index (κ1) is 11.8. The lowest BCUT2D eigenvalue weighted by atomic mass is 10.1. The molecule has 1 heterocycles. The van der Waals surface area contributed by atoms with E-state index in [1.165, 1.54) is 0 Å². The van der Waals surface area contributed by atoms with Gasteiger partial charge < -0.3 is 9.15 Å². The molecule has 0 fully saturated rings. The molecule has 3 nitrogen and oxygen atoms in total. The third-order valence-corrected chi connectivity index (χ3v) is 3.02. The van der Waals surface area contributed by atoms with Crippen molar-refractivity contribution in [3.8, 4) is 5.75 Å². The van der Waals surface area contributed by atoms with E-state index in [-0.39, 0.29) is 5.43 Å². The second kappa shape index (κ2) is 4.76. The number of fused-ring (bicyclic) bond motifs is 2. The molecule has 0 saturated carbocycles. The lowest BCUT2D eigenvalue weighted by Gasteiger charge is -2.06. The summed E-state index contributed by atoms with van der Waals surface area (Å²) in [4.78, 5) is 12.4. The summed E-state index contributed by atoms with van der Waals surface area (Å²) in [5, 5.41) is 1.16. The van der Waals surface area contributed by atoms with Crippen molar-refractivity contribution in [3.63, 3.8) is 0 Å². The van der Waals surface area contributed by atoms with E-state index in [1.54, 1.807) is 24.3 Å². The summed E-state index contributed by atoms with van der Waals surface area (Å²) in [6, 6.07) is 12.6. The van der Waals surface area contributed by atoms with Crippen molar-refractivity contribution >= 4 is 21.9 Å². The molecule has 96 valence electrons. The third kappa shape index (κ3) is 2.08. The van der Waals surface area contributed by atoms with E-state index in [1.807, 2.05) is 25.1 Å². The molecule has 0 amide bonds. The molecule has 0 saturated heterocycles. The number of hydrogen-bond donors (Lipinski definition) is 0. The SMILES string of the molecule is CCCOc1ccc2oc3ccccc3c(=O)c2c1. The van der Waals surface area contributed by atoms with Gasteiger partial charge in [-0.15, -0.1) is 0 Å². The highest BCUT2D eigenvalue weighted by Gasteiger charge is 2.08. The summed E-state index contributed by atoms with van der Waals surface area (Å²) >= 11 is 0.